The van der Waals surface area contributed by atoms with E-state index < -0.39 is 23.2 Å². The number of pyridine rings is 1. The summed E-state index contributed by atoms with van der Waals surface area (Å²) in [5.74, 6) is -3.01. The van der Waals surface area contributed by atoms with Gasteiger partial charge in [0.25, 0.3) is 5.91 Å². The molecule has 0 spiro atoms. The predicted molar refractivity (Wildman–Crippen MR) is 65.0 cm³/mol. The number of nitrogens with zero attached hydrogens (tertiary/aromatic N) is 1. The first kappa shape index (κ1) is 12.9. The zero-order valence-corrected chi connectivity index (χ0v) is 9.95. The van der Waals surface area contributed by atoms with Crippen molar-refractivity contribution < 1.29 is 18.7 Å². The third-order valence-corrected chi connectivity index (χ3v) is 2.52. The topological polar surface area (TPSA) is 62.2 Å². The molecule has 0 unspecified atom stereocenters. The molecule has 0 aliphatic carbocycles. The van der Waals surface area contributed by atoms with Crippen molar-refractivity contribution in [3.8, 4) is 5.75 Å². The number of hydrogen-bond donors (Lipinski definition) is 2. The number of rotatable bonds is 2. The second-order valence-corrected chi connectivity index (χ2v) is 3.88. The van der Waals surface area contributed by atoms with Crippen molar-refractivity contribution in [3.05, 3.63) is 53.4 Å². The van der Waals surface area contributed by atoms with Gasteiger partial charge in [-0.3, -0.25) is 4.79 Å². The molecule has 1 heterocycles. The Morgan fingerprint density at radius 1 is 1.32 bits per heavy atom. The maximum Gasteiger partial charge on any atom is 0.278 e. The average Bonchev–Trinajstić information content (AvgIpc) is 2.39. The molecule has 4 nitrogen and oxygen atoms in total. The summed E-state index contributed by atoms with van der Waals surface area (Å²) < 4.78 is 27.2. The second-order valence-electron chi connectivity index (χ2n) is 3.88. The molecular weight excluding hydrogens is 254 g/mol. The molecule has 0 saturated heterocycles. The third kappa shape index (κ3) is 2.52. The van der Waals surface area contributed by atoms with E-state index in [0.717, 1.165) is 6.07 Å². The van der Waals surface area contributed by atoms with Gasteiger partial charge in [-0.15, -0.1) is 0 Å². The zero-order chi connectivity index (χ0) is 14.0. The van der Waals surface area contributed by atoms with Crippen molar-refractivity contribution in [2.24, 2.45) is 0 Å². The monoisotopic (exact) mass is 264 g/mol. The SMILES string of the molecule is Cc1ccc(F)c(NC(=O)c2ncccc2O)c1F. The Morgan fingerprint density at radius 3 is 2.74 bits per heavy atom. The predicted octanol–water partition coefficient (Wildman–Crippen LogP) is 2.63. The molecule has 6 heteroatoms. The van der Waals surface area contributed by atoms with Crippen LogP contribution in [0.25, 0.3) is 0 Å². The molecule has 2 N–H and O–H groups in total. The van der Waals surface area contributed by atoms with Crippen LogP contribution < -0.4 is 5.32 Å². The minimum absolute atomic E-state index is 0.196. The van der Waals surface area contributed by atoms with Gasteiger partial charge in [0.1, 0.15) is 17.3 Å². The number of aromatic nitrogens is 1. The van der Waals surface area contributed by atoms with Crippen LogP contribution in [0.15, 0.2) is 30.5 Å². The molecule has 19 heavy (non-hydrogen) atoms. The molecule has 2 rings (SSSR count). The standard InChI is InChI=1S/C13H10F2N2O2/c1-7-4-5-8(14)11(10(7)15)17-13(19)12-9(18)3-2-6-16-12/h2-6,18H,1H3,(H,17,19). The highest BCUT2D eigenvalue weighted by atomic mass is 19.1. The number of halogens is 2. The van der Waals surface area contributed by atoms with Gasteiger partial charge in [0.05, 0.1) is 0 Å². The fraction of sp³-hybridized carbons (Fsp3) is 0.0769. The number of aromatic hydroxyl groups is 1. The molecule has 1 amide bonds. The van der Waals surface area contributed by atoms with Crippen LogP contribution in [0, 0.1) is 18.6 Å². The zero-order valence-electron chi connectivity index (χ0n) is 9.95. The first-order chi connectivity index (χ1) is 9.00. The first-order valence-electron chi connectivity index (χ1n) is 5.40. The Balaban J connectivity index is 2.35. The van der Waals surface area contributed by atoms with Crippen molar-refractivity contribution >= 4 is 11.6 Å². The van der Waals surface area contributed by atoms with Gasteiger partial charge in [-0.1, -0.05) is 6.07 Å². The molecule has 0 aliphatic rings. The number of carbonyl (C=O) groups excluding carboxylic acids is 1. The van der Waals surface area contributed by atoms with E-state index >= 15 is 0 Å². The quantitative estimate of drug-likeness (QED) is 0.876. The fourth-order valence-electron chi connectivity index (χ4n) is 1.52. The van der Waals surface area contributed by atoms with Crippen LogP contribution in [0.2, 0.25) is 0 Å². The highest BCUT2D eigenvalue weighted by Crippen LogP contribution is 2.23. The molecular formula is C13H10F2N2O2. The van der Waals surface area contributed by atoms with Crippen molar-refractivity contribution in [1.29, 1.82) is 0 Å². The highest BCUT2D eigenvalue weighted by Gasteiger charge is 2.18. The maximum absolute atomic E-state index is 13.7. The van der Waals surface area contributed by atoms with E-state index in [1.54, 1.807) is 0 Å². The summed E-state index contributed by atoms with van der Waals surface area (Å²) in [6.45, 7) is 1.45. The lowest BCUT2D eigenvalue weighted by Crippen LogP contribution is -2.16. The van der Waals surface area contributed by atoms with E-state index in [9.17, 15) is 18.7 Å². The average molecular weight is 264 g/mol. The van der Waals surface area contributed by atoms with Crippen molar-refractivity contribution in [2.45, 2.75) is 6.92 Å². The minimum Gasteiger partial charge on any atom is -0.505 e. The van der Waals surface area contributed by atoms with Crippen LogP contribution >= 0.6 is 0 Å². The van der Waals surface area contributed by atoms with Crippen LogP contribution in [0.5, 0.6) is 5.75 Å². The van der Waals surface area contributed by atoms with Gasteiger partial charge in [-0.25, -0.2) is 13.8 Å². The van der Waals surface area contributed by atoms with Gasteiger partial charge in [0.2, 0.25) is 0 Å². The lowest BCUT2D eigenvalue weighted by molar-refractivity contribution is 0.101. The molecule has 0 fully saturated rings. The number of anilines is 1. The molecule has 0 radical (unpaired) electrons. The third-order valence-electron chi connectivity index (χ3n) is 2.52. The van der Waals surface area contributed by atoms with Gasteiger partial charge in [0, 0.05) is 6.20 Å². The lowest BCUT2D eigenvalue weighted by atomic mass is 10.2. The number of amides is 1. The van der Waals surface area contributed by atoms with E-state index in [2.05, 4.69) is 10.3 Å². The molecule has 2 aromatic rings. The van der Waals surface area contributed by atoms with Crippen LogP contribution in [0.1, 0.15) is 16.1 Å². The van der Waals surface area contributed by atoms with E-state index in [1.807, 2.05) is 0 Å². The normalized spacial score (nSPS) is 10.3. The van der Waals surface area contributed by atoms with E-state index in [1.165, 1.54) is 31.3 Å². The summed E-state index contributed by atoms with van der Waals surface area (Å²) in [6, 6.07) is 5.00. The number of nitrogens with one attached hydrogen (secondary N) is 1. The number of hydrogen-bond acceptors (Lipinski definition) is 3. The van der Waals surface area contributed by atoms with Gasteiger partial charge >= 0.3 is 0 Å². The molecule has 0 saturated carbocycles. The van der Waals surface area contributed by atoms with Gasteiger partial charge in [-0.2, -0.15) is 0 Å². The molecule has 0 aliphatic heterocycles. The summed E-state index contributed by atoms with van der Waals surface area (Å²) in [5.41, 5.74) is -0.667. The Morgan fingerprint density at radius 2 is 2.05 bits per heavy atom. The molecule has 1 aromatic carbocycles. The first-order valence-corrected chi connectivity index (χ1v) is 5.40. The Kier molecular flexibility index (Phi) is 3.41. The second kappa shape index (κ2) is 5.01. The molecule has 0 atom stereocenters. The number of carbonyl (C=O) groups is 1. The summed E-state index contributed by atoms with van der Waals surface area (Å²) in [7, 11) is 0. The van der Waals surface area contributed by atoms with Crippen LogP contribution in [0.3, 0.4) is 0 Å². The maximum atomic E-state index is 13.7. The summed E-state index contributed by atoms with van der Waals surface area (Å²) in [4.78, 5) is 15.4. The Labute approximate surface area is 107 Å². The highest BCUT2D eigenvalue weighted by molar-refractivity contribution is 6.04. The van der Waals surface area contributed by atoms with Gasteiger partial charge in [0.15, 0.2) is 11.5 Å². The molecule has 0 bridgehead atoms. The molecule has 98 valence electrons. The van der Waals surface area contributed by atoms with Crippen molar-refractivity contribution in [3.63, 3.8) is 0 Å². The summed E-state index contributed by atoms with van der Waals surface area (Å²) in [5, 5.41) is 11.5. The van der Waals surface area contributed by atoms with Gasteiger partial charge in [-0.05, 0) is 30.7 Å². The summed E-state index contributed by atoms with van der Waals surface area (Å²) in [6.07, 6.45) is 1.29. The number of aryl methyl sites for hydroxylation is 1. The Bertz CT molecular complexity index is 645. The molecule has 1 aromatic heterocycles. The largest absolute Gasteiger partial charge is 0.505 e. The van der Waals surface area contributed by atoms with E-state index in [4.69, 9.17) is 0 Å². The van der Waals surface area contributed by atoms with Crippen LogP contribution in [-0.4, -0.2) is 16.0 Å². The van der Waals surface area contributed by atoms with E-state index in [0.29, 0.717) is 0 Å². The smallest absolute Gasteiger partial charge is 0.278 e. The van der Waals surface area contributed by atoms with Crippen LogP contribution in [0.4, 0.5) is 14.5 Å². The number of benzene rings is 1. The minimum atomic E-state index is -0.896. The van der Waals surface area contributed by atoms with Crippen molar-refractivity contribution in [2.75, 3.05) is 5.32 Å². The Hall–Kier alpha value is -2.50. The lowest BCUT2D eigenvalue weighted by Gasteiger charge is -2.09. The van der Waals surface area contributed by atoms with Crippen molar-refractivity contribution in [1.82, 2.24) is 4.98 Å². The fourth-order valence-corrected chi connectivity index (χ4v) is 1.52. The van der Waals surface area contributed by atoms with Crippen LogP contribution in [-0.2, 0) is 0 Å². The van der Waals surface area contributed by atoms with E-state index in [-0.39, 0.29) is 17.0 Å². The van der Waals surface area contributed by atoms with Gasteiger partial charge < -0.3 is 10.4 Å². The summed E-state index contributed by atoms with van der Waals surface area (Å²) >= 11 is 0.